The summed E-state index contributed by atoms with van der Waals surface area (Å²) in [5.74, 6) is 0.141. The summed E-state index contributed by atoms with van der Waals surface area (Å²) in [6.45, 7) is 12.8. The fourth-order valence-corrected chi connectivity index (χ4v) is 5.88. The van der Waals surface area contributed by atoms with Gasteiger partial charge in [0.1, 0.15) is 5.82 Å². The van der Waals surface area contributed by atoms with Crippen LogP contribution in [0.2, 0.25) is 0 Å². The molecule has 2 heterocycles. The van der Waals surface area contributed by atoms with E-state index < -0.39 is 5.92 Å². The number of hydrogen-bond donors (Lipinski definition) is 1. The molecule has 2 N–H and O–H groups in total. The number of allylic oxidation sites excluding steroid dienone is 3. The van der Waals surface area contributed by atoms with Crippen LogP contribution in [0.3, 0.4) is 0 Å². The van der Waals surface area contributed by atoms with Crippen molar-refractivity contribution in [3.05, 3.63) is 74.4 Å². The number of benzene rings is 1. The second-order valence-electron chi connectivity index (χ2n) is 10.8. The van der Waals surface area contributed by atoms with Gasteiger partial charge in [-0.25, -0.2) is 0 Å². The Morgan fingerprint density at radius 2 is 1.78 bits per heavy atom. The van der Waals surface area contributed by atoms with Crippen LogP contribution in [-0.2, 0) is 10.2 Å². The predicted octanol–water partition coefficient (Wildman–Crippen LogP) is 6.29. The van der Waals surface area contributed by atoms with Crippen LogP contribution in [0.5, 0.6) is 0 Å². The summed E-state index contributed by atoms with van der Waals surface area (Å²) in [7, 11) is 0. The molecule has 0 amide bonds. The quantitative estimate of drug-likeness (QED) is 0.589. The second kappa shape index (κ2) is 7.64. The highest BCUT2D eigenvalue weighted by molar-refractivity contribution is 7.12. The van der Waals surface area contributed by atoms with E-state index in [0.29, 0.717) is 17.8 Å². The summed E-state index contributed by atoms with van der Waals surface area (Å²) in [6.07, 6.45) is 1.20. The molecule has 4 rings (SSSR count). The molecule has 0 unspecified atom stereocenters. The Labute approximate surface area is 195 Å². The molecule has 1 aromatic carbocycles. The smallest absolute Gasteiger partial charge is 0.162 e. The molecule has 1 aromatic heterocycles. The van der Waals surface area contributed by atoms with Crippen molar-refractivity contribution < 1.29 is 4.79 Å². The van der Waals surface area contributed by atoms with Gasteiger partial charge in [-0.15, -0.1) is 11.3 Å². The van der Waals surface area contributed by atoms with Crippen LogP contribution in [0.25, 0.3) is 0 Å². The number of rotatable bonds is 2. The van der Waals surface area contributed by atoms with Crippen molar-refractivity contribution in [1.82, 2.24) is 0 Å². The molecule has 166 valence electrons. The molecule has 0 fully saturated rings. The third-order valence-electron chi connectivity index (χ3n) is 6.32. The largest absolute Gasteiger partial charge is 0.384 e. The van der Waals surface area contributed by atoms with Gasteiger partial charge >= 0.3 is 0 Å². The minimum absolute atomic E-state index is 0.00333. The predicted molar refractivity (Wildman–Crippen MR) is 131 cm³/mol. The molecular weight excluding hydrogens is 414 g/mol. The molecular formula is C27H31N3OS. The Hall–Kier alpha value is -2.84. The van der Waals surface area contributed by atoms with Gasteiger partial charge in [-0.05, 0) is 48.4 Å². The van der Waals surface area contributed by atoms with Crippen LogP contribution in [0, 0.1) is 23.7 Å². The highest BCUT2D eigenvalue weighted by atomic mass is 32.1. The molecule has 1 atom stereocenters. The van der Waals surface area contributed by atoms with Crippen molar-refractivity contribution in [2.45, 2.75) is 65.7 Å². The summed E-state index contributed by atoms with van der Waals surface area (Å²) in [5, 5.41) is 10.2. The van der Waals surface area contributed by atoms with Gasteiger partial charge in [-0.3, -0.25) is 9.69 Å². The number of nitriles is 1. The number of aryl methyl sites for hydroxylation is 1. The number of nitrogens with zero attached hydrogens (tertiary/aromatic N) is 2. The van der Waals surface area contributed by atoms with Gasteiger partial charge < -0.3 is 5.73 Å². The van der Waals surface area contributed by atoms with Crippen molar-refractivity contribution >= 4 is 22.8 Å². The first-order chi connectivity index (χ1) is 14.9. The highest BCUT2D eigenvalue weighted by Gasteiger charge is 2.45. The lowest BCUT2D eigenvalue weighted by Crippen LogP contribution is -2.42. The van der Waals surface area contributed by atoms with E-state index >= 15 is 0 Å². The fourth-order valence-electron chi connectivity index (χ4n) is 4.69. The summed E-state index contributed by atoms with van der Waals surface area (Å²) < 4.78 is 0. The first-order valence-corrected chi connectivity index (χ1v) is 11.9. The van der Waals surface area contributed by atoms with E-state index in [0.717, 1.165) is 33.8 Å². The molecule has 0 saturated heterocycles. The van der Waals surface area contributed by atoms with Crippen LogP contribution >= 0.6 is 11.3 Å². The number of Topliss-reactive ketones (excluding diaryl/α,β-unsaturated/α-hetero) is 1. The van der Waals surface area contributed by atoms with Crippen LogP contribution in [0.1, 0.15) is 68.7 Å². The lowest BCUT2D eigenvalue weighted by Gasteiger charge is -2.43. The van der Waals surface area contributed by atoms with Gasteiger partial charge in [0, 0.05) is 33.1 Å². The fraction of sp³-hybridized carbons (Fsp3) is 0.407. The molecule has 4 nitrogen and oxygen atoms in total. The van der Waals surface area contributed by atoms with Gasteiger partial charge in [0.15, 0.2) is 5.78 Å². The molecule has 0 saturated carbocycles. The summed E-state index contributed by atoms with van der Waals surface area (Å²) >= 11 is 1.68. The maximum Gasteiger partial charge on any atom is 0.162 e. The number of hydrogen-bond acceptors (Lipinski definition) is 5. The van der Waals surface area contributed by atoms with E-state index in [-0.39, 0.29) is 16.6 Å². The highest BCUT2D eigenvalue weighted by Crippen LogP contribution is 2.51. The molecule has 0 radical (unpaired) electrons. The lowest BCUT2D eigenvalue weighted by atomic mass is 9.69. The van der Waals surface area contributed by atoms with Gasteiger partial charge in [-0.1, -0.05) is 52.3 Å². The van der Waals surface area contributed by atoms with Crippen molar-refractivity contribution in [3.8, 4) is 6.07 Å². The normalized spacial score (nSPS) is 21.0. The third-order valence-corrected chi connectivity index (χ3v) is 7.90. The Kier molecular flexibility index (Phi) is 5.33. The number of nitrogens with two attached hydrogens (primary N) is 1. The number of carbonyl (C=O) groups excluding carboxylic acids is 1. The van der Waals surface area contributed by atoms with E-state index in [4.69, 9.17) is 5.73 Å². The minimum atomic E-state index is -0.401. The molecule has 5 heteroatoms. The van der Waals surface area contributed by atoms with E-state index in [9.17, 15) is 10.1 Å². The third kappa shape index (κ3) is 3.78. The lowest BCUT2D eigenvalue weighted by molar-refractivity contribution is -0.118. The van der Waals surface area contributed by atoms with Gasteiger partial charge in [0.25, 0.3) is 0 Å². The second-order valence-corrected chi connectivity index (χ2v) is 11.9. The van der Waals surface area contributed by atoms with Gasteiger partial charge in [0.2, 0.25) is 0 Å². The van der Waals surface area contributed by atoms with Crippen LogP contribution in [0.15, 0.2) is 59.1 Å². The standard InChI is InChI=1S/C27H31N3OS/c1-16-7-9-17(10-8-16)30-19-13-27(5,6)14-20(31)24(19)23(18(15-28)25(30)29)21-11-12-22(32-21)26(2,3)4/h7-12,23H,13-14,29H2,1-6H3/t23-/m1/s1. The molecule has 32 heavy (non-hydrogen) atoms. The van der Waals surface area contributed by atoms with Crippen molar-refractivity contribution in [1.29, 1.82) is 5.26 Å². The molecule has 1 aliphatic heterocycles. The zero-order valence-corrected chi connectivity index (χ0v) is 20.6. The van der Waals surface area contributed by atoms with E-state index in [1.807, 2.05) is 36.1 Å². The zero-order chi connectivity index (χ0) is 23.4. The van der Waals surface area contributed by atoms with Crippen molar-refractivity contribution in [2.75, 3.05) is 4.90 Å². The Balaban J connectivity index is 1.96. The average Bonchev–Trinajstić information content (AvgIpc) is 3.18. The number of anilines is 1. The average molecular weight is 446 g/mol. The first kappa shape index (κ1) is 22.4. The maximum atomic E-state index is 13.6. The number of carbonyl (C=O) groups is 1. The Bertz CT molecular complexity index is 1180. The SMILES string of the molecule is Cc1ccc(N2C(N)=C(C#N)[C@H](c3ccc(C(C)(C)C)s3)C3=C2CC(C)(C)CC3=O)cc1. The van der Waals surface area contributed by atoms with Crippen molar-refractivity contribution in [3.63, 3.8) is 0 Å². The molecule has 1 aliphatic carbocycles. The number of thiophene rings is 1. The maximum absolute atomic E-state index is 13.6. The van der Waals surface area contributed by atoms with Crippen molar-refractivity contribution in [2.24, 2.45) is 11.1 Å². The van der Waals surface area contributed by atoms with Crippen LogP contribution in [0.4, 0.5) is 5.69 Å². The van der Waals surface area contributed by atoms with E-state index in [1.165, 1.54) is 4.88 Å². The molecule has 2 aliphatic rings. The molecule has 2 aromatic rings. The van der Waals surface area contributed by atoms with E-state index in [2.05, 4.69) is 52.8 Å². The van der Waals surface area contributed by atoms with Crippen LogP contribution < -0.4 is 10.6 Å². The van der Waals surface area contributed by atoms with Gasteiger partial charge in [-0.2, -0.15) is 5.26 Å². The minimum Gasteiger partial charge on any atom is -0.384 e. The van der Waals surface area contributed by atoms with Gasteiger partial charge in [0.05, 0.1) is 17.6 Å². The monoisotopic (exact) mass is 445 g/mol. The number of ketones is 1. The summed E-state index contributed by atoms with van der Waals surface area (Å²) in [5.41, 5.74) is 10.7. The topological polar surface area (TPSA) is 70.1 Å². The molecule has 0 bridgehead atoms. The van der Waals surface area contributed by atoms with E-state index in [1.54, 1.807) is 11.3 Å². The Morgan fingerprint density at radius 1 is 1.12 bits per heavy atom. The molecule has 0 spiro atoms. The first-order valence-electron chi connectivity index (χ1n) is 11.1. The summed E-state index contributed by atoms with van der Waals surface area (Å²) in [4.78, 5) is 17.8. The van der Waals surface area contributed by atoms with Crippen LogP contribution in [-0.4, -0.2) is 5.78 Å². The summed E-state index contributed by atoms with van der Waals surface area (Å²) in [6, 6.07) is 14.6. The Morgan fingerprint density at radius 3 is 2.34 bits per heavy atom. The zero-order valence-electron chi connectivity index (χ0n) is 19.7.